The Kier molecular flexibility index (Phi) is 7.06. The van der Waals surface area contributed by atoms with E-state index < -0.39 is 0 Å². The highest BCUT2D eigenvalue weighted by Crippen LogP contribution is 2.21. The van der Waals surface area contributed by atoms with E-state index in [1.54, 1.807) is 0 Å². The van der Waals surface area contributed by atoms with Gasteiger partial charge in [0.05, 0.1) is 6.61 Å². The summed E-state index contributed by atoms with van der Waals surface area (Å²) in [4.78, 5) is 13.9. The third kappa shape index (κ3) is 4.97. The van der Waals surface area contributed by atoms with Gasteiger partial charge in [0.2, 0.25) is 0 Å². The van der Waals surface area contributed by atoms with Crippen molar-refractivity contribution in [2.45, 2.75) is 71.3 Å². The molecule has 3 nitrogen and oxygen atoms in total. The van der Waals surface area contributed by atoms with Crippen LogP contribution in [0.2, 0.25) is 0 Å². The predicted molar refractivity (Wildman–Crippen MR) is 70.1 cm³/mol. The fourth-order valence-electron chi connectivity index (χ4n) is 2.47. The van der Waals surface area contributed by atoms with Crippen LogP contribution in [0.4, 0.5) is 4.79 Å². The van der Waals surface area contributed by atoms with Gasteiger partial charge in [-0.1, -0.05) is 33.1 Å². The quantitative estimate of drug-likeness (QED) is 0.659. The van der Waals surface area contributed by atoms with Crippen molar-refractivity contribution in [2.24, 2.45) is 0 Å². The van der Waals surface area contributed by atoms with Crippen molar-refractivity contribution in [1.82, 2.24) is 4.90 Å². The van der Waals surface area contributed by atoms with Crippen LogP contribution in [0.5, 0.6) is 0 Å². The third-order valence-electron chi connectivity index (χ3n) is 3.46. The Balaban J connectivity index is 2.31. The van der Waals surface area contributed by atoms with E-state index in [0.717, 1.165) is 45.1 Å². The molecule has 1 saturated heterocycles. The first-order valence-electron chi connectivity index (χ1n) is 7.23. The predicted octanol–water partition coefficient (Wildman–Crippen LogP) is 3.97. The number of hydrogen-bond donors (Lipinski definition) is 0. The summed E-state index contributed by atoms with van der Waals surface area (Å²) in [5.74, 6) is 0. The lowest BCUT2D eigenvalue weighted by molar-refractivity contribution is 0.0696. The van der Waals surface area contributed by atoms with Crippen LogP contribution in [-0.4, -0.2) is 30.2 Å². The number of hydrogen-bond acceptors (Lipinski definition) is 2. The number of unbranched alkanes of at least 4 members (excludes halogenated alkanes) is 2. The zero-order valence-corrected chi connectivity index (χ0v) is 11.4. The number of ether oxygens (including phenoxy) is 1. The summed E-state index contributed by atoms with van der Waals surface area (Å²) in [6, 6.07) is 0.424. The second-order valence-electron chi connectivity index (χ2n) is 4.95. The van der Waals surface area contributed by atoms with Crippen molar-refractivity contribution >= 4 is 6.09 Å². The zero-order valence-electron chi connectivity index (χ0n) is 11.4. The first kappa shape index (κ1) is 14.3. The molecule has 100 valence electrons. The van der Waals surface area contributed by atoms with E-state index in [1.165, 1.54) is 12.8 Å². The Morgan fingerprint density at radius 2 is 2.06 bits per heavy atom. The summed E-state index contributed by atoms with van der Waals surface area (Å²) in [6.45, 7) is 5.81. The molecule has 1 rings (SSSR count). The Morgan fingerprint density at radius 1 is 1.24 bits per heavy atom. The number of nitrogens with zero attached hydrogens (tertiary/aromatic N) is 1. The molecule has 1 atom stereocenters. The standard InChI is InChI=1S/C14H27NO2/c1-3-5-8-12-17-14(16)15-11-7-6-10-13(15)9-4-2/h13H,3-12H2,1-2H3/t13-/m0/s1. The van der Waals surface area contributed by atoms with Crippen LogP contribution in [0.3, 0.4) is 0 Å². The van der Waals surface area contributed by atoms with Gasteiger partial charge in [0, 0.05) is 12.6 Å². The molecular weight excluding hydrogens is 214 g/mol. The Labute approximate surface area is 106 Å². The summed E-state index contributed by atoms with van der Waals surface area (Å²) in [7, 11) is 0. The molecule has 17 heavy (non-hydrogen) atoms. The molecule has 1 heterocycles. The third-order valence-corrected chi connectivity index (χ3v) is 3.46. The SMILES string of the molecule is CCCCCOC(=O)N1CCCC[C@@H]1CCC. The molecule has 3 heteroatoms. The van der Waals surface area contributed by atoms with Gasteiger partial charge in [-0.15, -0.1) is 0 Å². The lowest BCUT2D eigenvalue weighted by Crippen LogP contribution is -2.44. The van der Waals surface area contributed by atoms with E-state index >= 15 is 0 Å². The molecule has 0 aromatic carbocycles. The molecule has 0 spiro atoms. The van der Waals surface area contributed by atoms with Crippen molar-refractivity contribution in [1.29, 1.82) is 0 Å². The van der Waals surface area contributed by atoms with Gasteiger partial charge in [0.25, 0.3) is 0 Å². The zero-order chi connectivity index (χ0) is 12.5. The number of carbonyl (C=O) groups is 1. The Bertz CT molecular complexity index is 216. The van der Waals surface area contributed by atoms with Gasteiger partial charge < -0.3 is 9.64 Å². The summed E-state index contributed by atoms with van der Waals surface area (Å²) < 4.78 is 5.35. The average Bonchev–Trinajstić information content (AvgIpc) is 2.35. The molecule has 1 aliphatic rings. The van der Waals surface area contributed by atoms with Crippen LogP contribution < -0.4 is 0 Å². The Hall–Kier alpha value is -0.730. The van der Waals surface area contributed by atoms with Crippen LogP contribution in [0, 0.1) is 0 Å². The van der Waals surface area contributed by atoms with Gasteiger partial charge in [-0.25, -0.2) is 4.79 Å². The second kappa shape index (κ2) is 8.37. The molecule has 1 amide bonds. The van der Waals surface area contributed by atoms with E-state index in [1.807, 2.05) is 4.90 Å². The van der Waals surface area contributed by atoms with Crippen LogP contribution in [0.15, 0.2) is 0 Å². The molecule has 0 bridgehead atoms. The molecule has 1 aliphatic heterocycles. The number of carbonyl (C=O) groups excluding carboxylic acids is 1. The molecule has 0 saturated carbocycles. The highest BCUT2D eigenvalue weighted by Gasteiger charge is 2.26. The summed E-state index contributed by atoms with van der Waals surface area (Å²) >= 11 is 0. The van der Waals surface area contributed by atoms with E-state index in [0.29, 0.717) is 12.6 Å². The van der Waals surface area contributed by atoms with Crippen molar-refractivity contribution in [3.63, 3.8) is 0 Å². The fraction of sp³-hybridized carbons (Fsp3) is 0.929. The van der Waals surface area contributed by atoms with Crippen molar-refractivity contribution in [3.8, 4) is 0 Å². The lowest BCUT2D eigenvalue weighted by atomic mass is 9.99. The van der Waals surface area contributed by atoms with Gasteiger partial charge in [-0.05, 0) is 32.1 Å². The summed E-state index contributed by atoms with van der Waals surface area (Å²) in [6.07, 6.45) is 9.01. The average molecular weight is 241 g/mol. The molecule has 0 unspecified atom stereocenters. The van der Waals surface area contributed by atoms with Crippen molar-refractivity contribution in [3.05, 3.63) is 0 Å². The topological polar surface area (TPSA) is 29.5 Å². The van der Waals surface area contributed by atoms with E-state index in [2.05, 4.69) is 13.8 Å². The maximum atomic E-state index is 12.0. The minimum absolute atomic E-state index is 0.0840. The summed E-state index contributed by atoms with van der Waals surface area (Å²) in [5.41, 5.74) is 0. The smallest absolute Gasteiger partial charge is 0.410 e. The highest BCUT2D eigenvalue weighted by atomic mass is 16.6. The first-order valence-corrected chi connectivity index (χ1v) is 7.23. The first-order chi connectivity index (χ1) is 8.29. The monoisotopic (exact) mass is 241 g/mol. The van der Waals surface area contributed by atoms with Gasteiger partial charge >= 0.3 is 6.09 Å². The minimum Gasteiger partial charge on any atom is -0.449 e. The largest absolute Gasteiger partial charge is 0.449 e. The van der Waals surface area contributed by atoms with E-state index in [4.69, 9.17) is 4.74 Å². The van der Waals surface area contributed by atoms with Crippen molar-refractivity contribution < 1.29 is 9.53 Å². The molecule has 0 aromatic rings. The second-order valence-corrected chi connectivity index (χ2v) is 4.95. The fourth-order valence-corrected chi connectivity index (χ4v) is 2.47. The molecular formula is C14H27NO2. The molecule has 0 radical (unpaired) electrons. The van der Waals surface area contributed by atoms with Crippen LogP contribution in [0.25, 0.3) is 0 Å². The lowest BCUT2D eigenvalue weighted by Gasteiger charge is -2.34. The van der Waals surface area contributed by atoms with Crippen molar-refractivity contribution in [2.75, 3.05) is 13.2 Å². The van der Waals surface area contributed by atoms with Gasteiger partial charge in [0.1, 0.15) is 0 Å². The number of amides is 1. The van der Waals surface area contributed by atoms with Crippen LogP contribution in [0.1, 0.15) is 65.2 Å². The van der Waals surface area contributed by atoms with Gasteiger partial charge in [-0.3, -0.25) is 0 Å². The molecule has 1 fully saturated rings. The van der Waals surface area contributed by atoms with Gasteiger partial charge in [0.15, 0.2) is 0 Å². The number of likely N-dealkylation sites (tertiary alicyclic amines) is 1. The maximum Gasteiger partial charge on any atom is 0.410 e. The maximum absolute atomic E-state index is 12.0. The normalized spacial score (nSPS) is 20.4. The minimum atomic E-state index is -0.0840. The number of rotatable bonds is 6. The van der Waals surface area contributed by atoms with Crippen LogP contribution >= 0.6 is 0 Å². The molecule has 0 aromatic heterocycles. The van der Waals surface area contributed by atoms with Gasteiger partial charge in [-0.2, -0.15) is 0 Å². The highest BCUT2D eigenvalue weighted by molar-refractivity contribution is 5.68. The van der Waals surface area contributed by atoms with Crippen LogP contribution in [-0.2, 0) is 4.74 Å². The molecule has 0 N–H and O–H groups in total. The summed E-state index contributed by atoms with van der Waals surface area (Å²) in [5, 5.41) is 0. The Morgan fingerprint density at radius 3 is 2.76 bits per heavy atom. The van der Waals surface area contributed by atoms with E-state index in [-0.39, 0.29) is 6.09 Å². The molecule has 0 aliphatic carbocycles. The van der Waals surface area contributed by atoms with E-state index in [9.17, 15) is 4.79 Å². The number of piperidine rings is 1.